The highest BCUT2D eigenvalue weighted by Gasteiger charge is 2.31. The summed E-state index contributed by atoms with van der Waals surface area (Å²) in [6, 6.07) is 7.61. The van der Waals surface area contributed by atoms with E-state index < -0.39 is 0 Å². The van der Waals surface area contributed by atoms with E-state index in [4.69, 9.17) is 0 Å². The molecule has 3 saturated carbocycles. The highest BCUT2D eigenvalue weighted by atomic mass is 16.1. The van der Waals surface area contributed by atoms with Crippen molar-refractivity contribution in [1.29, 1.82) is 0 Å². The van der Waals surface area contributed by atoms with Crippen molar-refractivity contribution in [2.75, 3.05) is 6.54 Å². The van der Waals surface area contributed by atoms with Gasteiger partial charge >= 0.3 is 0 Å². The van der Waals surface area contributed by atoms with Gasteiger partial charge in [-0.25, -0.2) is 0 Å². The number of hydrogen-bond donors (Lipinski definition) is 1. The van der Waals surface area contributed by atoms with Gasteiger partial charge in [0.15, 0.2) is 0 Å². The Kier molecular flexibility index (Phi) is 11.2. The molecule has 0 bridgehead atoms. The van der Waals surface area contributed by atoms with Crippen molar-refractivity contribution in [2.24, 2.45) is 23.7 Å². The molecular formula is C35H55NO. The summed E-state index contributed by atoms with van der Waals surface area (Å²) in [7, 11) is 0. The molecule has 3 fully saturated rings. The molecule has 0 radical (unpaired) electrons. The second kappa shape index (κ2) is 14.5. The van der Waals surface area contributed by atoms with Crippen LogP contribution in [-0.4, -0.2) is 12.5 Å². The summed E-state index contributed by atoms with van der Waals surface area (Å²) in [5.74, 6) is 5.25. The summed E-state index contributed by atoms with van der Waals surface area (Å²) < 4.78 is 0. The number of aryl methyl sites for hydroxylation is 1. The summed E-state index contributed by atoms with van der Waals surface area (Å²) in [4.78, 5) is 11.4. The fourth-order valence-electron chi connectivity index (χ4n) is 8.20. The van der Waals surface area contributed by atoms with Gasteiger partial charge in [-0.2, -0.15) is 0 Å². The second-order valence-electron chi connectivity index (χ2n) is 13.0. The van der Waals surface area contributed by atoms with Crippen LogP contribution in [0.5, 0.6) is 0 Å². The summed E-state index contributed by atoms with van der Waals surface area (Å²) in [5.41, 5.74) is 4.85. The number of benzene rings is 1. The van der Waals surface area contributed by atoms with Crippen LogP contribution in [-0.2, 0) is 4.79 Å². The van der Waals surface area contributed by atoms with Crippen molar-refractivity contribution in [2.45, 2.75) is 135 Å². The van der Waals surface area contributed by atoms with E-state index in [1.54, 1.807) is 16.7 Å². The lowest BCUT2D eigenvalue weighted by molar-refractivity contribution is -0.116. The number of carbonyl (C=O) groups excluding carboxylic acids is 1. The summed E-state index contributed by atoms with van der Waals surface area (Å²) in [5, 5.41) is 2.95. The summed E-state index contributed by atoms with van der Waals surface area (Å²) in [6.45, 7) is 9.06. The largest absolute Gasteiger partial charge is 0.353 e. The number of unbranched alkanes of at least 4 members (excludes halogenated alkanes) is 2. The van der Waals surface area contributed by atoms with Crippen molar-refractivity contribution in [3.8, 4) is 0 Å². The van der Waals surface area contributed by atoms with Crippen LogP contribution < -0.4 is 5.32 Å². The SMILES string of the molecule is C=CC(=O)NCCC1CCC(C2CCC(c3ccc(C4CCC(CCCCC)CC4)c(C)c3)CC2)CC1. The van der Waals surface area contributed by atoms with Crippen LogP contribution in [0, 0.1) is 30.6 Å². The lowest BCUT2D eigenvalue weighted by Crippen LogP contribution is -2.28. The third kappa shape index (κ3) is 8.21. The molecule has 0 heterocycles. The fourth-order valence-corrected chi connectivity index (χ4v) is 8.20. The monoisotopic (exact) mass is 505 g/mol. The Labute approximate surface area is 228 Å². The molecule has 1 amide bonds. The topological polar surface area (TPSA) is 29.1 Å². The first kappa shape index (κ1) is 28.4. The van der Waals surface area contributed by atoms with E-state index in [2.05, 4.69) is 43.9 Å². The van der Waals surface area contributed by atoms with Crippen LogP contribution in [0.1, 0.15) is 145 Å². The molecular weight excluding hydrogens is 450 g/mol. The van der Waals surface area contributed by atoms with Gasteiger partial charge in [0.2, 0.25) is 5.91 Å². The maximum absolute atomic E-state index is 11.4. The lowest BCUT2D eigenvalue weighted by Gasteiger charge is -2.38. The molecule has 0 aliphatic heterocycles. The minimum atomic E-state index is -0.0319. The van der Waals surface area contributed by atoms with Gasteiger partial charge in [0.05, 0.1) is 0 Å². The Bertz CT molecular complexity index is 835. The van der Waals surface area contributed by atoms with E-state index in [1.807, 2.05) is 0 Å². The van der Waals surface area contributed by atoms with Gasteiger partial charge in [-0.1, -0.05) is 70.2 Å². The van der Waals surface area contributed by atoms with Gasteiger partial charge in [0.1, 0.15) is 0 Å². The second-order valence-corrected chi connectivity index (χ2v) is 13.0. The number of rotatable bonds is 11. The Morgan fingerprint density at radius 1 is 0.838 bits per heavy atom. The Hall–Kier alpha value is -1.57. The first-order valence-corrected chi connectivity index (χ1v) is 16.1. The molecule has 4 rings (SSSR count). The van der Waals surface area contributed by atoms with Crippen LogP contribution in [0.15, 0.2) is 30.9 Å². The standard InChI is InChI=1S/C35H55NO/c1-4-6-7-8-27-11-15-32(16-12-27)34-22-21-33(25-26(34)3)31-19-17-30(18-20-31)29-13-9-28(10-14-29)23-24-36-35(37)5-2/h5,21-22,25,27-32H,2,4,6-20,23-24H2,1,3H3,(H,36,37). The van der Waals surface area contributed by atoms with Crippen LogP contribution in [0.3, 0.4) is 0 Å². The molecule has 206 valence electrons. The van der Waals surface area contributed by atoms with E-state index in [9.17, 15) is 4.79 Å². The van der Waals surface area contributed by atoms with E-state index in [-0.39, 0.29) is 5.91 Å². The molecule has 2 nitrogen and oxygen atoms in total. The molecule has 0 spiro atoms. The van der Waals surface area contributed by atoms with Crippen molar-refractivity contribution >= 4 is 5.91 Å². The Morgan fingerprint density at radius 2 is 1.43 bits per heavy atom. The predicted octanol–water partition coefficient (Wildman–Crippen LogP) is 9.62. The molecule has 2 heteroatoms. The first-order chi connectivity index (χ1) is 18.1. The molecule has 0 unspecified atom stereocenters. The van der Waals surface area contributed by atoms with Gasteiger partial charge in [-0.05, 0) is 136 Å². The zero-order valence-corrected chi connectivity index (χ0v) is 24.1. The van der Waals surface area contributed by atoms with Crippen molar-refractivity contribution in [3.05, 3.63) is 47.5 Å². The average molecular weight is 506 g/mol. The minimum absolute atomic E-state index is 0.0319. The number of amides is 1. The number of carbonyl (C=O) groups is 1. The maximum Gasteiger partial charge on any atom is 0.243 e. The molecule has 1 N–H and O–H groups in total. The fraction of sp³-hybridized carbons (Fsp3) is 0.743. The first-order valence-electron chi connectivity index (χ1n) is 16.1. The van der Waals surface area contributed by atoms with Gasteiger partial charge < -0.3 is 5.32 Å². The number of nitrogens with one attached hydrogen (secondary N) is 1. The summed E-state index contributed by atoms with van der Waals surface area (Å²) >= 11 is 0. The Balaban J connectivity index is 1.18. The molecule has 1 aromatic rings. The predicted molar refractivity (Wildman–Crippen MR) is 158 cm³/mol. The zero-order valence-electron chi connectivity index (χ0n) is 24.1. The zero-order chi connectivity index (χ0) is 26.0. The Morgan fingerprint density at radius 3 is 2.05 bits per heavy atom. The molecule has 3 aliphatic rings. The van der Waals surface area contributed by atoms with Gasteiger partial charge in [0.25, 0.3) is 0 Å². The van der Waals surface area contributed by atoms with E-state index in [1.165, 1.54) is 109 Å². The van der Waals surface area contributed by atoms with Crippen molar-refractivity contribution in [1.82, 2.24) is 5.32 Å². The van der Waals surface area contributed by atoms with E-state index in [0.29, 0.717) is 0 Å². The third-order valence-electron chi connectivity index (χ3n) is 10.6. The number of hydrogen-bond acceptors (Lipinski definition) is 1. The molecule has 1 aromatic carbocycles. The molecule has 0 aromatic heterocycles. The van der Waals surface area contributed by atoms with Crippen LogP contribution in [0.25, 0.3) is 0 Å². The van der Waals surface area contributed by atoms with Crippen LogP contribution in [0.4, 0.5) is 0 Å². The normalized spacial score (nSPS) is 30.5. The maximum atomic E-state index is 11.4. The molecule has 0 atom stereocenters. The van der Waals surface area contributed by atoms with Crippen molar-refractivity contribution < 1.29 is 4.79 Å². The van der Waals surface area contributed by atoms with Gasteiger partial charge in [0, 0.05) is 6.54 Å². The molecule has 0 saturated heterocycles. The van der Waals surface area contributed by atoms with Crippen molar-refractivity contribution in [3.63, 3.8) is 0 Å². The van der Waals surface area contributed by atoms with Crippen LogP contribution in [0.2, 0.25) is 0 Å². The highest BCUT2D eigenvalue weighted by molar-refractivity contribution is 5.86. The third-order valence-corrected chi connectivity index (χ3v) is 10.6. The van der Waals surface area contributed by atoms with Gasteiger partial charge in [-0.3, -0.25) is 4.79 Å². The molecule has 37 heavy (non-hydrogen) atoms. The quantitative estimate of drug-likeness (QED) is 0.235. The van der Waals surface area contributed by atoms with Gasteiger partial charge in [-0.15, -0.1) is 0 Å². The lowest BCUT2D eigenvalue weighted by atomic mass is 9.68. The minimum Gasteiger partial charge on any atom is -0.353 e. The van der Waals surface area contributed by atoms with E-state index >= 15 is 0 Å². The summed E-state index contributed by atoms with van der Waals surface area (Å²) in [6.07, 6.45) is 25.1. The highest BCUT2D eigenvalue weighted by Crippen LogP contribution is 2.45. The smallest absolute Gasteiger partial charge is 0.243 e. The van der Waals surface area contributed by atoms with E-state index in [0.717, 1.165) is 48.5 Å². The molecule has 3 aliphatic carbocycles. The average Bonchev–Trinajstić information content (AvgIpc) is 2.94. The van der Waals surface area contributed by atoms with Crippen LogP contribution >= 0.6 is 0 Å².